The van der Waals surface area contributed by atoms with Crippen LogP contribution in [0.25, 0.3) is 0 Å². The fourth-order valence-electron chi connectivity index (χ4n) is 1.55. The molecule has 0 atom stereocenters. The third kappa shape index (κ3) is 4.34. The zero-order valence-corrected chi connectivity index (χ0v) is 11.8. The zero-order valence-electron chi connectivity index (χ0n) is 11.8. The van der Waals surface area contributed by atoms with E-state index in [1.165, 1.54) is 36.7 Å². The molecule has 0 saturated heterocycles. The van der Waals surface area contributed by atoms with Gasteiger partial charge in [0, 0.05) is 0 Å². The molecule has 2 rings (SSSR count). The van der Waals surface area contributed by atoms with E-state index in [9.17, 15) is 14.0 Å². The summed E-state index contributed by atoms with van der Waals surface area (Å²) in [6.45, 7) is 1.75. The van der Waals surface area contributed by atoms with Crippen LogP contribution < -0.4 is 4.74 Å². The summed E-state index contributed by atoms with van der Waals surface area (Å²) >= 11 is 0. The number of rotatable bonds is 6. The van der Waals surface area contributed by atoms with Crippen molar-refractivity contribution in [2.75, 3.05) is 6.61 Å². The Balaban J connectivity index is 1.96. The smallest absolute Gasteiger partial charge is 0.375 e. The molecule has 2 aromatic rings. The second kappa shape index (κ2) is 7.26. The standard InChI is InChI=1S/C15H13FN2O4/c1-2-21-15(20)13(19)7-14-17-8-12(9-18-14)22-11-5-3-10(16)4-6-11/h3-6,8-9H,2,7H2,1H3. The summed E-state index contributed by atoms with van der Waals surface area (Å²) in [4.78, 5) is 30.6. The Morgan fingerprint density at radius 3 is 2.32 bits per heavy atom. The van der Waals surface area contributed by atoms with Crippen molar-refractivity contribution in [1.29, 1.82) is 0 Å². The van der Waals surface area contributed by atoms with Gasteiger partial charge in [-0.05, 0) is 31.2 Å². The fraction of sp³-hybridized carbons (Fsp3) is 0.200. The van der Waals surface area contributed by atoms with E-state index in [2.05, 4.69) is 14.7 Å². The third-order valence-corrected chi connectivity index (χ3v) is 2.55. The van der Waals surface area contributed by atoms with Crippen LogP contribution in [0, 0.1) is 5.82 Å². The van der Waals surface area contributed by atoms with E-state index in [4.69, 9.17) is 4.74 Å². The number of benzene rings is 1. The van der Waals surface area contributed by atoms with E-state index in [0.29, 0.717) is 11.5 Å². The average molecular weight is 304 g/mol. The summed E-state index contributed by atoms with van der Waals surface area (Å²) in [5, 5.41) is 0. The summed E-state index contributed by atoms with van der Waals surface area (Å²) in [6, 6.07) is 5.46. The SMILES string of the molecule is CCOC(=O)C(=O)Cc1ncc(Oc2ccc(F)cc2)cn1. The highest BCUT2D eigenvalue weighted by atomic mass is 19.1. The highest BCUT2D eigenvalue weighted by molar-refractivity contribution is 6.33. The Morgan fingerprint density at radius 2 is 1.73 bits per heavy atom. The van der Waals surface area contributed by atoms with E-state index in [1.807, 2.05) is 0 Å². The van der Waals surface area contributed by atoms with E-state index in [1.54, 1.807) is 6.92 Å². The van der Waals surface area contributed by atoms with Crippen molar-refractivity contribution in [3.8, 4) is 11.5 Å². The summed E-state index contributed by atoms with van der Waals surface area (Å²) < 4.78 is 22.8. The highest BCUT2D eigenvalue weighted by Crippen LogP contribution is 2.19. The number of hydrogen-bond donors (Lipinski definition) is 0. The number of esters is 1. The van der Waals surface area contributed by atoms with Crippen molar-refractivity contribution in [2.24, 2.45) is 0 Å². The van der Waals surface area contributed by atoms with Gasteiger partial charge in [0.15, 0.2) is 5.75 Å². The lowest BCUT2D eigenvalue weighted by molar-refractivity contribution is -0.153. The number of Topliss-reactive ketones (excluding diaryl/α,β-unsaturated/α-hetero) is 1. The lowest BCUT2D eigenvalue weighted by Crippen LogP contribution is -2.20. The lowest BCUT2D eigenvalue weighted by Gasteiger charge is -2.05. The molecule has 0 fully saturated rings. The predicted molar refractivity (Wildman–Crippen MR) is 73.9 cm³/mol. The van der Waals surface area contributed by atoms with E-state index in [0.717, 1.165) is 0 Å². The van der Waals surface area contributed by atoms with Gasteiger partial charge in [0.25, 0.3) is 0 Å². The molecule has 0 aliphatic carbocycles. The minimum Gasteiger partial charge on any atom is -0.460 e. The van der Waals surface area contributed by atoms with Crippen molar-refractivity contribution < 1.29 is 23.5 Å². The van der Waals surface area contributed by atoms with Gasteiger partial charge in [-0.15, -0.1) is 0 Å². The van der Waals surface area contributed by atoms with Gasteiger partial charge < -0.3 is 9.47 Å². The minimum atomic E-state index is -0.905. The van der Waals surface area contributed by atoms with Gasteiger partial charge in [0.2, 0.25) is 5.78 Å². The molecule has 114 valence electrons. The molecule has 7 heteroatoms. The maximum absolute atomic E-state index is 12.8. The number of ketones is 1. The largest absolute Gasteiger partial charge is 0.460 e. The molecule has 6 nitrogen and oxygen atoms in total. The maximum atomic E-state index is 12.8. The summed E-state index contributed by atoms with van der Waals surface area (Å²) in [6.07, 6.45) is 2.49. The number of halogens is 1. The Bertz CT molecular complexity index is 656. The topological polar surface area (TPSA) is 78.4 Å². The molecule has 1 aromatic carbocycles. The third-order valence-electron chi connectivity index (χ3n) is 2.55. The first-order valence-electron chi connectivity index (χ1n) is 6.52. The van der Waals surface area contributed by atoms with Crippen molar-refractivity contribution in [1.82, 2.24) is 9.97 Å². The first-order chi connectivity index (χ1) is 10.6. The van der Waals surface area contributed by atoms with Gasteiger partial charge in [-0.25, -0.2) is 19.2 Å². The van der Waals surface area contributed by atoms with Crippen molar-refractivity contribution in [2.45, 2.75) is 13.3 Å². The molecule has 0 saturated carbocycles. The molecular formula is C15H13FN2O4. The van der Waals surface area contributed by atoms with E-state index < -0.39 is 11.8 Å². The lowest BCUT2D eigenvalue weighted by atomic mass is 10.2. The number of hydrogen-bond acceptors (Lipinski definition) is 6. The van der Waals surface area contributed by atoms with Crippen LogP contribution in [0.1, 0.15) is 12.7 Å². The Hall–Kier alpha value is -2.83. The average Bonchev–Trinajstić information content (AvgIpc) is 2.51. The molecule has 0 unspecified atom stereocenters. The minimum absolute atomic E-state index is 0.135. The molecule has 0 amide bonds. The van der Waals surface area contributed by atoms with E-state index >= 15 is 0 Å². The fourth-order valence-corrected chi connectivity index (χ4v) is 1.55. The van der Waals surface area contributed by atoms with Crippen LogP contribution in [-0.2, 0) is 20.7 Å². The molecule has 0 N–H and O–H groups in total. The van der Waals surface area contributed by atoms with Crippen molar-refractivity contribution in [3.05, 3.63) is 48.3 Å². The molecule has 0 aliphatic heterocycles. The first-order valence-corrected chi connectivity index (χ1v) is 6.52. The molecular weight excluding hydrogens is 291 g/mol. The van der Waals surface area contributed by atoms with Crippen LogP contribution in [0.2, 0.25) is 0 Å². The van der Waals surface area contributed by atoms with E-state index in [-0.39, 0.29) is 24.7 Å². The predicted octanol–water partition coefficient (Wildman–Crippen LogP) is 2.08. The summed E-state index contributed by atoms with van der Waals surface area (Å²) in [5.41, 5.74) is 0. The van der Waals surface area contributed by atoms with Crippen LogP contribution in [0.3, 0.4) is 0 Å². The summed E-state index contributed by atoms with van der Waals surface area (Å²) in [7, 11) is 0. The van der Waals surface area contributed by atoms with Crippen molar-refractivity contribution >= 4 is 11.8 Å². The van der Waals surface area contributed by atoms with Crippen LogP contribution >= 0.6 is 0 Å². The Labute approximate surface area is 125 Å². The second-order valence-electron chi connectivity index (χ2n) is 4.21. The molecule has 0 aliphatic rings. The maximum Gasteiger partial charge on any atom is 0.375 e. The van der Waals surface area contributed by atoms with Crippen LogP contribution in [0.15, 0.2) is 36.7 Å². The molecule has 22 heavy (non-hydrogen) atoms. The zero-order chi connectivity index (χ0) is 15.9. The van der Waals surface area contributed by atoms with Gasteiger partial charge in [-0.2, -0.15) is 0 Å². The van der Waals surface area contributed by atoms with Gasteiger partial charge in [-0.1, -0.05) is 0 Å². The molecule has 0 radical (unpaired) electrons. The number of carbonyl (C=O) groups is 2. The molecule has 1 heterocycles. The number of aromatic nitrogens is 2. The monoisotopic (exact) mass is 304 g/mol. The van der Waals surface area contributed by atoms with Crippen LogP contribution in [-0.4, -0.2) is 28.3 Å². The molecule has 0 spiro atoms. The molecule has 1 aromatic heterocycles. The van der Waals surface area contributed by atoms with Gasteiger partial charge in [-0.3, -0.25) is 4.79 Å². The number of carbonyl (C=O) groups excluding carboxylic acids is 2. The molecule has 0 bridgehead atoms. The second-order valence-corrected chi connectivity index (χ2v) is 4.21. The Kier molecular flexibility index (Phi) is 5.13. The number of ether oxygens (including phenoxy) is 2. The van der Waals surface area contributed by atoms with Gasteiger partial charge in [0.05, 0.1) is 25.4 Å². The van der Waals surface area contributed by atoms with Crippen LogP contribution in [0.5, 0.6) is 11.5 Å². The Morgan fingerprint density at radius 1 is 1.09 bits per heavy atom. The highest BCUT2D eigenvalue weighted by Gasteiger charge is 2.16. The van der Waals surface area contributed by atoms with Gasteiger partial charge in [0.1, 0.15) is 17.4 Å². The number of nitrogens with zero attached hydrogens (tertiary/aromatic N) is 2. The van der Waals surface area contributed by atoms with Crippen molar-refractivity contribution in [3.63, 3.8) is 0 Å². The van der Waals surface area contributed by atoms with Crippen LogP contribution in [0.4, 0.5) is 4.39 Å². The quantitative estimate of drug-likeness (QED) is 0.600. The summed E-state index contributed by atoms with van der Waals surface area (Å²) in [5.74, 6) is -1.04. The first kappa shape index (κ1) is 15.6. The van der Waals surface area contributed by atoms with Gasteiger partial charge >= 0.3 is 5.97 Å². The normalized spacial score (nSPS) is 10.1.